The number of aliphatic hydroxyl groups is 1. The van der Waals surface area contributed by atoms with Crippen molar-refractivity contribution >= 4 is 11.6 Å². The van der Waals surface area contributed by atoms with Crippen molar-refractivity contribution in [2.24, 2.45) is 5.73 Å². The summed E-state index contributed by atoms with van der Waals surface area (Å²) in [6.45, 7) is 3.45. The zero-order valence-electron chi connectivity index (χ0n) is 7.79. The van der Waals surface area contributed by atoms with Gasteiger partial charge in [-0.05, 0) is 31.5 Å². The molecule has 0 saturated heterocycles. The smallest absolute Gasteiger partial charge is 0.102 e. The van der Waals surface area contributed by atoms with Gasteiger partial charge in [0, 0.05) is 11.1 Å². The highest BCUT2D eigenvalue weighted by Gasteiger charge is 2.27. The van der Waals surface area contributed by atoms with E-state index in [1.165, 1.54) is 0 Å². The Labute approximate surface area is 83.3 Å². The molecule has 2 nitrogen and oxygen atoms in total. The Kier molecular flexibility index (Phi) is 2.96. The van der Waals surface area contributed by atoms with Crippen LogP contribution in [0.4, 0.5) is 0 Å². The van der Waals surface area contributed by atoms with Crippen LogP contribution in [0.25, 0.3) is 0 Å². The lowest BCUT2D eigenvalue weighted by Crippen LogP contribution is -2.40. The highest BCUT2D eigenvalue weighted by molar-refractivity contribution is 6.30. The van der Waals surface area contributed by atoms with Crippen molar-refractivity contribution in [3.05, 3.63) is 34.9 Å². The summed E-state index contributed by atoms with van der Waals surface area (Å²) >= 11 is 5.80. The molecule has 0 aliphatic carbocycles. The maximum absolute atomic E-state index is 10.0. The van der Waals surface area contributed by atoms with E-state index in [1.807, 2.05) is 6.07 Å². The lowest BCUT2D eigenvalue weighted by atomic mass is 9.90. The standard InChI is InChI=1S/C10H14ClNO/c1-7(12)10(2,13)8-4-3-5-9(11)6-8/h3-7,13H,12H2,1-2H3. The van der Waals surface area contributed by atoms with E-state index in [-0.39, 0.29) is 6.04 Å². The molecule has 0 radical (unpaired) electrons. The van der Waals surface area contributed by atoms with Gasteiger partial charge in [0.05, 0.1) is 0 Å². The largest absolute Gasteiger partial charge is 0.384 e. The number of nitrogens with two attached hydrogens (primary N) is 1. The van der Waals surface area contributed by atoms with E-state index in [9.17, 15) is 5.11 Å². The van der Waals surface area contributed by atoms with Crippen LogP contribution in [0.3, 0.4) is 0 Å². The molecule has 72 valence electrons. The first kappa shape index (κ1) is 10.5. The van der Waals surface area contributed by atoms with Crippen LogP contribution < -0.4 is 5.73 Å². The van der Waals surface area contributed by atoms with Crippen LogP contribution in [0.2, 0.25) is 5.02 Å². The van der Waals surface area contributed by atoms with Crippen LogP contribution >= 0.6 is 11.6 Å². The molecule has 3 N–H and O–H groups in total. The van der Waals surface area contributed by atoms with E-state index in [0.29, 0.717) is 5.02 Å². The van der Waals surface area contributed by atoms with Gasteiger partial charge in [-0.25, -0.2) is 0 Å². The minimum atomic E-state index is -1.02. The minimum Gasteiger partial charge on any atom is -0.384 e. The molecule has 0 amide bonds. The van der Waals surface area contributed by atoms with Crippen LogP contribution in [0, 0.1) is 0 Å². The number of hydrogen-bond donors (Lipinski definition) is 2. The van der Waals surface area contributed by atoms with Crippen LogP contribution in [-0.4, -0.2) is 11.1 Å². The monoisotopic (exact) mass is 199 g/mol. The normalized spacial score (nSPS) is 17.9. The molecule has 0 fully saturated rings. The summed E-state index contributed by atoms with van der Waals surface area (Å²) in [6, 6.07) is 6.78. The average molecular weight is 200 g/mol. The first-order valence-corrected chi connectivity index (χ1v) is 4.56. The van der Waals surface area contributed by atoms with Gasteiger partial charge in [0.2, 0.25) is 0 Å². The molecule has 13 heavy (non-hydrogen) atoms. The maximum Gasteiger partial charge on any atom is 0.102 e. The minimum absolute atomic E-state index is 0.328. The van der Waals surface area contributed by atoms with Crippen molar-refractivity contribution in [2.75, 3.05) is 0 Å². The van der Waals surface area contributed by atoms with E-state index in [0.717, 1.165) is 5.56 Å². The van der Waals surface area contributed by atoms with Gasteiger partial charge >= 0.3 is 0 Å². The van der Waals surface area contributed by atoms with Gasteiger partial charge in [-0.15, -0.1) is 0 Å². The molecule has 2 atom stereocenters. The van der Waals surface area contributed by atoms with E-state index in [4.69, 9.17) is 17.3 Å². The molecule has 3 heteroatoms. The lowest BCUT2D eigenvalue weighted by molar-refractivity contribution is 0.0349. The van der Waals surface area contributed by atoms with Crippen molar-refractivity contribution in [1.82, 2.24) is 0 Å². The molecular weight excluding hydrogens is 186 g/mol. The Morgan fingerprint density at radius 1 is 1.54 bits per heavy atom. The summed E-state index contributed by atoms with van der Waals surface area (Å²) in [6.07, 6.45) is 0. The quantitative estimate of drug-likeness (QED) is 0.764. The van der Waals surface area contributed by atoms with Crippen LogP contribution in [0.1, 0.15) is 19.4 Å². The second-order valence-corrected chi connectivity index (χ2v) is 3.88. The predicted molar refractivity (Wildman–Crippen MR) is 54.7 cm³/mol. The molecule has 0 heterocycles. The van der Waals surface area contributed by atoms with Gasteiger partial charge in [-0.3, -0.25) is 0 Å². The topological polar surface area (TPSA) is 46.2 Å². The van der Waals surface area contributed by atoms with Gasteiger partial charge < -0.3 is 10.8 Å². The second kappa shape index (κ2) is 3.66. The Morgan fingerprint density at radius 2 is 2.15 bits per heavy atom. The summed E-state index contributed by atoms with van der Waals surface area (Å²) in [7, 11) is 0. The van der Waals surface area contributed by atoms with Gasteiger partial charge in [0.15, 0.2) is 0 Å². The summed E-state index contributed by atoms with van der Waals surface area (Å²) in [5, 5.41) is 10.6. The molecular formula is C10H14ClNO. The third-order valence-electron chi connectivity index (χ3n) is 2.30. The number of halogens is 1. The molecule has 1 rings (SSSR count). The molecule has 0 saturated carbocycles. The Morgan fingerprint density at radius 3 is 2.62 bits per heavy atom. The number of hydrogen-bond acceptors (Lipinski definition) is 2. The summed E-state index contributed by atoms with van der Waals surface area (Å²) < 4.78 is 0. The van der Waals surface area contributed by atoms with E-state index >= 15 is 0 Å². The molecule has 1 aromatic rings. The van der Waals surface area contributed by atoms with E-state index in [1.54, 1.807) is 32.0 Å². The summed E-state index contributed by atoms with van der Waals surface area (Å²) in [4.78, 5) is 0. The summed E-state index contributed by atoms with van der Waals surface area (Å²) in [5.41, 5.74) is 5.38. The molecule has 2 unspecified atom stereocenters. The number of rotatable bonds is 2. The molecule has 0 aromatic heterocycles. The number of benzene rings is 1. The van der Waals surface area contributed by atoms with Crippen molar-refractivity contribution in [1.29, 1.82) is 0 Å². The first-order chi connectivity index (χ1) is 5.94. The van der Waals surface area contributed by atoms with Crippen LogP contribution in [-0.2, 0) is 5.60 Å². The zero-order valence-corrected chi connectivity index (χ0v) is 8.55. The fourth-order valence-electron chi connectivity index (χ4n) is 1.07. The lowest BCUT2D eigenvalue weighted by Gasteiger charge is -2.28. The van der Waals surface area contributed by atoms with Gasteiger partial charge in [0.1, 0.15) is 5.60 Å². The highest BCUT2D eigenvalue weighted by atomic mass is 35.5. The summed E-state index contributed by atoms with van der Waals surface area (Å²) in [5.74, 6) is 0. The van der Waals surface area contributed by atoms with Crippen LogP contribution in [0.15, 0.2) is 24.3 Å². The van der Waals surface area contributed by atoms with Crippen molar-refractivity contribution < 1.29 is 5.11 Å². The van der Waals surface area contributed by atoms with Crippen LogP contribution in [0.5, 0.6) is 0 Å². The third kappa shape index (κ3) is 2.21. The second-order valence-electron chi connectivity index (χ2n) is 3.45. The first-order valence-electron chi connectivity index (χ1n) is 4.18. The fraction of sp³-hybridized carbons (Fsp3) is 0.400. The Balaban J connectivity index is 3.07. The van der Waals surface area contributed by atoms with Crippen molar-refractivity contribution in [3.63, 3.8) is 0 Å². The molecule has 0 spiro atoms. The third-order valence-corrected chi connectivity index (χ3v) is 2.53. The molecule has 0 bridgehead atoms. The average Bonchev–Trinajstić information content (AvgIpc) is 2.04. The predicted octanol–water partition coefficient (Wildman–Crippen LogP) is 1.89. The zero-order chi connectivity index (χ0) is 10.1. The van der Waals surface area contributed by atoms with Gasteiger partial charge in [-0.2, -0.15) is 0 Å². The maximum atomic E-state index is 10.0. The fourth-order valence-corrected chi connectivity index (χ4v) is 1.26. The highest BCUT2D eigenvalue weighted by Crippen LogP contribution is 2.25. The van der Waals surface area contributed by atoms with Gasteiger partial charge in [0.25, 0.3) is 0 Å². The van der Waals surface area contributed by atoms with E-state index in [2.05, 4.69) is 0 Å². The van der Waals surface area contributed by atoms with Gasteiger partial charge in [-0.1, -0.05) is 23.7 Å². The van der Waals surface area contributed by atoms with Crippen molar-refractivity contribution in [2.45, 2.75) is 25.5 Å². The molecule has 0 aliphatic rings. The Bertz CT molecular complexity index is 297. The SMILES string of the molecule is CC(N)C(C)(O)c1cccc(Cl)c1. The van der Waals surface area contributed by atoms with E-state index < -0.39 is 5.60 Å². The van der Waals surface area contributed by atoms with Crippen molar-refractivity contribution in [3.8, 4) is 0 Å². The molecule has 0 aliphatic heterocycles. The Hall–Kier alpha value is -0.570. The molecule has 1 aromatic carbocycles.